The molecule has 98 valence electrons. The van der Waals surface area contributed by atoms with Crippen LogP contribution in [-0.2, 0) is 6.42 Å². The molecule has 0 fully saturated rings. The third-order valence-corrected chi connectivity index (χ3v) is 3.99. The molecule has 3 rings (SSSR count). The van der Waals surface area contributed by atoms with Crippen LogP contribution in [0, 0.1) is 0 Å². The molecular formula is C15H15BrN2O. The standard InChI is InChI=1S/C15H15BrN2O/c16-11-5-6-13(18-9-11)15(19)14-12-4-2-1-3-10(12)7-8-17-14/h1-6,9,14-15,17,19H,7-8H2. The van der Waals surface area contributed by atoms with E-state index in [-0.39, 0.29) is 6.04 Å². The van der Waals surface area contributed by atoms with Gasteiger partial charge >= 0.3 is 0 Å². The Morgan fingerprint density at radius 3 is 2.89 bits per heavy atom. The van der Waals surface area contributed by atoms with Gasteiger partial charge in [-0.1, -0.05) is 24.3 Å². The first-order chi connectivity index (χ1) is 9.25. The van der Waals surface area contributed by atoms with Crippen molar-refractivity contribution in [3.8, 4) is 0 Å². The molecule has 1 aliphatic rings. The molecule has 2 atom stereocenters. The summed E-state index contributed by atoms with van der Waals surface area (Å²) in [6.45, 7) is 0.884. The molecule has 3 nitrogen and oxygen atoms in total. The summed E-state index contributed by atoms with van der Waals surface area (Å²) in [6, 6.07) is 11.9. The van der Waals surface area contributed by atoms with Crippen molar-refractivity contribution in [1.29, 1.82) is 0 Å². The lowest BCUT2D eigenvalue weighted by Crippen LogP contribution is -2.34. The van der Waals surface area contributed by atoms with E-state index in [1.807, 2.05) is 24.3 Å². The third-order valence-electron chi connectivity index (χ3n) is 3.52. The SMILES string of the molecule is OC(c1ccc(Br)cn1)C1NCCc2ccccc21. The fraction of sp³-hybridized carbons (Fsp3) is 0.267. The summed E-state index contributed by atoms with van der Waals surface area (Å²) in [4.78, 5) is 4.29. The minimum atomic E-state index is -0.630. The number of aliphatic hydroxyl groups is 1. The van der Waals surface area contributed by atoms with E-state index < -0.39 is 6.10 Å². The maximum absolute atomic E-state index is 10.5. The average molecular weight is 319 g/mol. The van der Waals surface area contributed by atoms with Gasteiger partial charge in [-0.3, -0.25) is 4.98 Å². The smallest absolute Gasteiger partial charge is 0.115 e. The molecule has 0 saturated heterocycles. The van der Waals surface area contributed by atoms with Gasteiger partial charge < -0.3 is 10.4 Å². The van der Waals surface area contributed by atoms with Gasteiger partial charge in [0.1, 0.15) is 6.10 Å². The van der Waals surface area contributed by atoms with Crippen molar-refractivity contribution < 1.29 is 5.11 Å². The highest BCUT2D eigenvalue weighted by Gasteiger charge is 2.27. The van der Waals surface area contributed by atoms with Crippen molar-refractivity contribution >= 4 is 15.9 Å². The van der Waals surface area contributed by atoms with Crippen LogP contribution in [0.2, 0.25) is 0 Å². The molecule has 0 aliphatic carbocycles. The number of rotatable bonds is 2. The molecule has 0 amide bonds. The topological polar surface area (TPSA) is 45.2 Å². The van der Waals surface area contributed by atoms with E-state index in [1.54, 1.807) is 6.20 Å². The predicted molar refractivity (Wildman–Crippen MR) is 77.8 cm³/mol. The first-order valence-electron chi connectivity index (χ1n) is 6.36. The molecule has 1 aromatic carbocycles. The van der Waals surface area contributed by atoms with Crippen molar-refractivity contribution in [2.75, 3.05) is 6.54 Å². The predicted octanol–water partition coefficient (Wildman–Crippen LogP) is 2.76. The number of hydrogen-bond acceptors (Lipinski definition) is 3. The zero-order valence-corrected chi connectivity index (χ0v) is 12.0. The number of fused-ring (bicyclic) bond motifs is 1. The van der Waals surface area contributed by atoms with Gasteiger partial charge in [0.15, 0.2) is 0 Å². The van der Waals surface area contributed by atoms with Gasteiger partial charge in [0.25, 0.3) is 0 Å². The van der Waals surface area contributed by atoms with E-state index in [9.17, 15) is 5.11 Å². The maximum Gasteiger partial charge on any atom is 0.115 e. The van der Waals surface area contributed by atoms with E-state index in [2.05, 4.69) is 38.4 Å². The van der Waals surface area contributed by atoms with E-state index in [0.29, 0.717) is 5.69 Å². The van der Waals surface area contributed by atoms with Gasteiger partial charge in [0, 0.05) is 10.7 Å². The second-order valence-corrected chi connectivity index (χ2v) is 5.64. The number of nitrogens with zero attached hydrogens (tertiary/aromatic N) is 1. The Morgan fingerprint density at radius 1 is 1.26 bits per heavy atom. The zero-order valence-electron chi connectivity index (χ0n) is 10.4. The average Bonchev–Trinajstić information content (AvgIpc) is 2.47. The molecule has 2 aromatic rings. The second-order valence-electron chi connectivity index (χ2n) is 4.73. The number of benzene rings is 1. The molecule has 1 aromatic heterocycles. The first kappa shape index (κ1) is 12.8. The number of halogens is 1. The van der Waals surface area contributed by atoms with Crippen LogP contribution < -0.4 is 5.32 Å². The van der Waals surface area contributed by atoms with Crippen LogP contribution in [0.1, 0.15) is 29.0 Å². The Labute approximate surface area is 120 Å². The molecular weight excluding hydrogens is 304 g/mol. The zero-order chi connectivity index (χ0) is 13.2. The fourth-order valence-corrected chi connectivity index (χ4v) is 2.79. The molecule has 19 heavy (non-hydrogen) atoms. The summed E-state index contributed by atoms with van der Waals surface area (Å²) in [6.07, 6.45) is 2.09. The van der Waals surface area contributed by atoms with Crippen molar-refractivity contribution in [3.05, 3.63) is 63.9 Å². The molecule has 0 radical (unpaired) electrons. The molecule has 0 spiro atoms. The van der Waals surface area contributed by atoms with Crippen LogP contribution in [0.15, 0.2) is 47.1 Å². The Hall–Kier alpha value is -1.23. The molecule has 2 N–H and O–H groups in total. The summed E-state index contributed by atoms with van der Waals surface area (Å²) in [5.74, 6) is 0. The Morgan fingerprint density at radius 2 is 2.11 bits per heavy atom. The Bertz CT molecular complexity index is 571. The highest BCUT2D eigenvalue weighted by Crippen LogP contribution is 2.32. The molecule has 2 unspecified atom stereocenters. The van der Waals surface area contributed by atoms with Crippen LogP contribution in [0.3, 0.4) is 0 Å². The second kappa shape index (κ2) is 5.41. The minimum Gasteiger partial charge on any atom is -0.385 e. The monoisotopic (exact) mass is 318 g/mol. The van der Waals surface area contributed by atoms with E-state index in [0.717, 1.165) is 17.4 Å². The first-order valence-corrected chi connectivity index (χ1v) is 7.16. The molecule has 1 aliphatic heterocycles. The lowest BCUT2D eigenvalue weighted by Gasteiger charge is -2.30. The van der Waals surface area contributed by atoms with Crippen LogP contribution >= 0.6 is 15.9 Å². The van der Waals surface area contributed by atoms with E-state index in [4.69, 9.17) is 0 Å². The Balaban J connectivity index is 1.92. The lowest BCUT2D eigenvalue weighted by atomic mass is 9.90. The van der Waals surface area contributed by atoms with Crippen molar-refractivity contribution in [2.45, 2.75) is 18.6 Å². The quantitative estimate of drug-likeness (QED) is 0.895. The van der Waals surface area contributed by atoms with Gasteiger partial charge in [-0.2, -0.15) is 0 Å². The number of hydrogen-bond donors (Lipinski definition) is 2. The highest BCUT2D eigenvalue weighted by atomic mass is 79.9. The van der Waals surface area contributed by atoms with Crippen LogP contribution in [-0.4, -0.2) is 16.6 Å². The van der Waals surface area contributed by atoms with E-state index in [1.165, 1.54) is 11.1 Å². The molecule has 2 heterocycles. The lowest BCUT2D eigenvalue weighted by molar-refractivity contribution is 0.121. The molecule has 0 saturated carbocycles. The van der Waals surface area contributed by atoms with Crippen LogP contribution in [0.4, 0.5) is 0 Å². The van der Waals surface area contributed by atoms with Gasteiger partial charge in [0.2, 0.25) is 0 Å². The summed E-state index contributed by atoms with van der Waals surface area (Å²) in [5.41, 5.74) is 3.17. The third kappa shape index (κ3) is 2.56. The van der Waals surface area contributed by atoms with Crippen LogP contribution in [0.5, 0.6) is 0 Å². The fourth-order valence-electron chi connectivity index (χ4n) is 2.55. The largest absolute Gasteiger partial charge is 0.385 e. The summed E-state index contributed by atoms with van der Waals surface area (Å²) in [5, 5.41) is 13.9. The number of nitrogens with one attached hydrogen (secondary N) is 1. The van der Waals surface area contributed by atoms with Gasteiger partial charge in [-0.15, -0.1) is 0 Å². The van der Waals surface area contributed by atoms with Gasteiger partial charge in [-0.25, -0.2) is 0 Å². The molecule has 0 bridgehead atoms. The normalized spacial score (nSPS) is 19.8. The number of pyridine rings is 1. The van der Waals surface area contributed by atoms with Crippen LogP contribution in [0.25, 0.3) is 0 Å². The summed E-state index contributed by atoms with van der Waals surface area (Å²) >= 11 is 3.36. The molecule has 4 heteroatoms. The summed E-state index contributed by atoms with van der Waals surface area (Å²) in [7, 11) is 0. The summed E-state index contributed by atoms with van der Waals surface area (Å²) < 4.78 is 0.917. The minimum absolute atomic E-state index is 0.0846. The van der Waals surface area contributed by atoms with Gasteiger partial charge in [0.05, 0.1) is 11.7 Å². The van der Waals surface area contributed by atoms with Crippen molar-refractivity contribution in [3.63, 3.8) is 0 Å². The number of aromatic nitrogens is 1. The highest BCUT2D eigenvalue weighted by molar-refractivity contribution is 9.10. The van der Waals surface area contributed by atoms with E-state index >= 15 is 0 Å². The van der Waals surface area contributed by atoms with Crippen molar-refractivity contribution in [2.24, 2.45) is 0 Å². The Kier molecular flexibility index (Phi) is 3.64. The van der Waals surface area contributed by atoms with Gasteiger partial charge in [-0.05, 0) is 52.2 Å². The maximum atomic E-state index is 10.5. The number of aliphatic hydroxyl groups excluding tert-OH is 1. The van der Waals surface area contributed by atoms with Crippen molar-refractivity contribution in [1.82, 2.24) is 10.3 Å².